The molecule has 0 aliphatic carbocycles. The van der Waals surface area contributed by atoms with Gasteiger partial charge in [-0.15, -0.1) is 0 Å². The van der Waals surface area contributed by atoms with Gasteiger partial charge < -0.3 is 10.3 Å². The summed E-state index contributed by atoms with van der Waals surface area (Å²) in [6.07, 6.45) is 4.72. The smallest absolute Gasteiger partial charge is 0.0953 e. The van der Waals surface area contributed by atoms with E-state index in [4.69, 9.17) is 10.8 Å². The minimum atomic E-state index is 0.629. The highest BCUT2D eigenvalue weighted by atomic mass is 15.3. The Bertz CT molecular complexity index is 710. The van der Waals surface area contributed by atoms with Gasteiger partial charge in [-0.3, -0.25) is 4.68 Å². The zero-order chi connectivity index (χ0) is 13.9. The first kappa shape index (κ1) is 12.9. The first-order valence-electron chi connectivity index (χ1n) is 6.97. The highest BCUT2D eigenvalue weighted by molar-refractivity contribution is 5.81. The third kappa shape index (κ3) is 2.32. The van der Waals surface area contributed by atoms with Gasteiger partial charge in [0.25, 0.3) is 0 Å². The Balaban J connectivity index is 1.93. The molecule has 2 N–H and O–H groups in total. The summed E-state index contributed by atoms with van der Waals surface area (Å²) in [5.74, 6) is 0. The molecule has 20 heavy (non-hydrogen) atoms. The molecular formula is C15H19N5. The summed E-state index contributed by atoms with van der Waals surface area (Å²) >= 11 is 0. The molecule has 0 aliphatic heterocycles. The molecule has 3 rings (SSSR count). The van der Waals surface area contributed by atoms with E-state index in [2.05, 4.69) is 40.7 Å². The first-order chi connectivity index (χ1) is 9.81. The lowest BCUT2D eigenvalue weighted by Crippen LogP contribution is -2.03. The van der Waals surface area contributed by atoms with E-state index in [0.717, 1.165) is 30.9 Å². The molecule has 5 heteroatoms. The molecule has 2 heterocycles. The van der Waals surface area contributed by atoms with Gasteiger partial charge in [0.1, 0.15) is 0 Å². The molecule has 5 nitrogen and oxygen atoms in total. The Morgan fingerprint density at radius 3 is 2.90 bits per heavy atom. The molecule has 0 radical (unpaired) electrons. The second-order valence-electron chi connectivity index (χ2n) is 4.86. The second kappa shape index (κ2) is 5.46. The summed E-state index contributed by atoms with van der Waals surface area (Å²) in [5, 5.41) is 5.91. The van der Waals surface area contributed by atoms with Crippen LogP contribution in [0.3, 0.4) is 0 Å². The van der Waals surface area contributed by atoms with E-state index in [-0.39, 0.29) is 0 Å². The van der Waals surface area contributed by atoms with Crippen molar-refractivity contribution in [2.75, 3.05) is 6.54 Å². The largest absolute Gasteiger partial charge is 0.331 e. The Morgan fingerprint density at radius 2 is 2.10 bits per heavy atom. The molecular weight excluding hydrogens is 250 g/mol. The average Bonchev–Trinajstić information content (AvgIpc) is 3.05. The minimum absolute atomic E-state index is 0.629. The number of rotatable bonds is 5. The standard InChI is InChI=1S/C15H19N5/c1-2-20-15-6-4-3-5-13(15)14(18-20)10-19-9-12(7-8-16)17-11-19/h3-6,9,11H,2,7-8,10,16H2,1H3. The van der Waals surface area contributed by atoms with E-state index in [1.807, 2.05) is 17.2 Å². The molecule has 2 aromatic heterocycles. The van der Waals surface area contributed by atoms with Crippen LogP contribution >= 0.6 is 0 Å². The zero-order valence-electron chi connectivity index (χ0n) is 11.7. The maximum Gasteiger partial charge on any atom is 0.0953 e. The van der Waals surface area contributed by atoms with Crippen molar-refractivity contribution in [3.63, 3.8) is 0 Å². The zero-order valence-corrected chi connectivity index (χ0v) is 11.7. The van der Waals surface area contributed by atoms with Crippen LogP contribution in [0.2, 0.25) is 0 Å². The van der Waals surface area contributed by atoms with Crippen molar-refractivity contribution in [1.82, 2.24) is 19.3 Å². The van der Waals surface area contributed by atoms with Crippen molar-refractivity contribution in [3.8, 4) is 0 Å². The van der Waals surface area contributed by atoms with Gasteiger partial charge in [-0.05, 0) is 19.5 Å². The van der Waals surface area contributed by atoms with Crippen LogP contribution in [0, 0.1) is 0 Å². The van der Waals surface area contributed by atoms with Gasteiger partial charge in [-0.1, -0.05) is 18.2 Å². The van der Waals surface area contributed by atoms with Crippen LogP contribution in [0.4, 0.5) is 0 Å². The molecule has 0 fully saturated rings. The van der Waals surface area contributed by atoms with Crippen LogP contribution in [0.15, 0.2) is 36.8 Å². The van der Waals surface area contributed by atoms with Crippen LogP contribution in [0.25, 0.3) is 10.9 Å². The summed E-state index contributed by atoms with van der Waals surface area (Å²) in [6.45, 7) is 4.36. The summed E-state index contributed by atoms with van der Waals surface area (Å²) < 4.78 is 4.11. The number of nitrogens with two attached hydrogens (primary N) is 1. The van der Waals surface area contributed by atoms with Crippen molar-refractivity contribution >= 4 is 10.9 Å². The van der Waals surface area contributed by atoms with Gasteiger partial charge in [-0.25, -0.2) is 4.98 Å². The molecule has 1 aromatic carbocycles. The summed E-state index contributed by atoms with van der Waals surface area (Å²) in [4.78, 5) is 4.36. The molecule has 104 valence electrons. The number of aromatic nitrogens is 4. The van der Waals surface area contributed by atoms with Gasteiger partial charge in [0.2, 0.25) is 0 Å². The van der Waals surface area contributed by atoms with Crippen LogP contribution in [-0.2, 0) is 19.5 Å². The Hall–Kier alpha value is -2.14. The lowest BCUT2D eigenvalue weighted by molar-refractivity contribution is 0.653. The van der Waals surface area contributed by atoms with Crippen molar-refractivity contribution in [3.05, 3.63) is 48.2 Å². The minimum Gasteiger partial charge on any atom is -0.331 e. The van der Waals surface area contributed by atoms with Crippen LogP contribution in [0.1, 0.15) is 18.3 Å². The summed E-state index contributed by atoms with van der Waals surface area (Å²) in [7, 11) is 0. The summed E-state index contributed by atoms with van der Waals surface area (Å²) in [5.41, 5.74) is 8.86. The van der Waals surface area contributed by atoms with Crippen LogP contribution in [0.5, 0.6) is 0 Å². The van der Waals surface area contributed by atoms with Gasteiger partial charge in [0, 0.05) is 24.5 Å². The fraction of sp³-hybridized carbons (Fsp3) is 0.333. The van der Waals surface area contributed by atoms with E-state index in [1.54, 1.807) is 0 Å². The first-order valence-corrected chi connectivity index (χ1v) is 6.97. The molecule has 0 saturated heterocycles. The molecule has 0 saturated carbocycles. The summed E-state index contributed by atoms with van der Waals surface area (Å²) in [6, 6.07) is 8.35. The Morgan fingerprint density at radius 1 is 1.25 bits per heavy atom. The lowest BCUT2D eigenvalue weighted by atomic mass is 10.2. The van der Waals surface area contributed by atoms with Gasteiger partial charge >= 0.3 is 0 Å². The predicted molar refractivity (Wildman–Crippen MR) is 79.5 cm³/mol. The molecule has 0 spiro atoms. The van der Waals surface area contributed by atoms with Crippen molar-refractivity contribution < 1.29 is 0 Å². The Labute approximate surface area is 118 Å². The number of fused-ring (bicyclic) bond motifs is 1. The van der Waals surface area contributed by atoms with Crippen molar-refractivity contribution in [2.45, 2.75) is 26.4 Å². The van der Waals surface area contributed by atoms with E-state index in [0.29, 0.717) is 6.54 Å². The van der Waals surface area contributed by atoms with E-state index >= 15 is 0 Å². The maximum absolute atomic E-state index is 5.55. The lowest BCUT2D eigenvalue weighted by Gasteiger charge is -1.98. The fourth-order valence-corrected chi connectivity index (χ4v) is 2.50. The fourth-order valence-electron chi connectivity index (χ4n) is 2.50. The van der Waals surface area contributed by atoms with Crippen LogP contribution < -0.4 is 5.73 Å². The van der Waals surface area contributed by atoms with Crippen molar-refractivity contribution in [1.29, 1.82) is 0 Å². The molecule has 3 aromatic rings. The molecule has 0 bridgehead atoms. The van der Waals surface area contributed by atoms with Gasteiger partial charge in [0.05, 0.1) is 29.8 Å². The van der Waals surface area contributed by atoms with Gasteiger partial charge in [0.15, 0.2) is 0 Å². The molecule has 0 unspecified atom stereocenters. The third-order valence-corrected chi connectivity index (χ3v) is 3.45. The highest BCUT2D eigenvalue weighted by Crippen LogP contribution is 2.19. The average molecular weight is 269 g/mol. The number of hydrogen-bond donors (Lipinski definition) is 1. The quantitative estimate of drug-likeness (QED) is 0.768. The maximum atomic E-state index is 5.55. The van der Waals surface area contributed by atoms with Crippen molar-refractivity contribution in [2.24, 2.45) is 5.73 Å². The van der Waals surface area contributed by atoms with Gasteiger partial charge in [-0.2, -0.15) is 5.10 Å². The van der Waals surface area contributed by atoms with Crippen LogP contribution in [-0.4, -0.2) is 25.9 Å². The number of benzene rings is 1. The SMILES string of the molecule is CCn1nc(Cn2cnc(CCN)c2)c2ccccc21. The van der Waals surface area contributed by atoms with E-state index < -0.39 is 0 Å². The predicted octanol–water partition coefficient (Wildman–Crippen LogP) is 1.80. The number of aryl methyl sites for hydroxylation is 1. The third-order valence-electron chi connectivity index (χ3n) is 3.45. The topological polar surface area (TPSA) is 61.7 Å². The normalized spacial score (nSPS) is 11.3. The van der Waals surface area contributed by atoms with E-state index in [1.165, 1.54) is 10.9 Å². The number of hydrogen-bond acceptors (Lipinski definition) is 3. The number of nitrogens with zero attached hydrogens (tertiary/aromatic N) is 4. The Kier molecular flexibility index (Phi) is 3.52. The molecule has 0 amide bonds. The highest BCUT2D eigenvalue weighted by Gasteiger charge is 2.09. The second-order valence-corrected chi connectivity index (χ2v) is 4.86. The van der Waals surface area contributed by atoms with E-state index in [9.17, 15) is 0 Å². The molecule has 0 aliphatic rings. The number of para-hydroxylation sites is 1. The monoisotopic (exact) mass is 269 g/mol. The molecule has 0 atom stereocenters. The number of imidazole rings is 1.